The van der Waals surface area contributed by atoms with Crippen LogP contribution in [0.4, 0.5) is 10.6 Å². The third-order valence-electron chi connectivity index (χ3n) is 3.35. The van der Waals surface area contributed by atoms with Crippen molar-refractivity contribution in [3.63, 3.8) is 0 Å². The van der Waals surface area contributed by atoms with Gasteiger partial charge in [0.2, 0.25) is 0 Å². The number of aromatic nitrogens is 2. The lowest BCUT2D eigenvalue weighted by molar-refractivity contribution is 0.240. The van der Waals surface area contributed by atoms with Crippen LogP contribution < -0.4 is 16.0 Å². The molecule has 0 saturated carbocycles. The van der Waals surface area contributed by atoms with Crippen molar-refractivity contribution in [2.75, 3.05) is 18.4 Å². The van der Waals surface area contributed by atoms with Gasteiger partial charge in [-0.15, -0.1) is 0 Å². The van der Waals surface area contributed by atoms with E-state index >= 15 is 0 Å². The Bertz CT molecular complexity index is 422. The number of hydrogen-bond acceptors (Lipinski definition) is 3. The zero-order chi connectivity index (χ0) is 13.2. The number of urea groups is 1. The van der Waals surface area contributed by atoms with Gasteiger partial charge in [-0.25, -0.2) is 9.48 Å². The number of carbonyl (C=O) groups excluding carboxylic acids is 1. The molecule has 100 valence electrons. The molecule has 1 aromatic rings. The number of amides is 2. The molecule has 2 heterocycles. The highest BCUT2D eigenvalue weighted by Gasteiger charge is 2.23. The van der Waals surface area contributed by atoms with Gasteiger partial charge in [0.15, 0.2) is 0 Å². The van der Waals surface area contributed by atoms with Crippen molar-refractivity contribution in [3.8, 4) is 0 Å². The maximum atomic E-state index is 11.9. The first-order chi connectivity index (χ1) is 8.52. The lowest BCUT2D eigenvalue weighted by Gasteiger charge is -2.29. The topological polar surface area (TPSA) is 71.0 Å². The lowest BCUT2D eigenvalue weighted by Crippen LogP contribution is -2.47. The molecule has 1 aromatic heterocycles. The van der Waals surface area contributed by atoms with Crippen LogP contribution in [-0.4, -0.2) is 34.4 Å². The second-order valence-corrected chi connectivity index (χ2v) is 5.29. The molecule has 1 saturated heterocycles. The predicted molar refractivity (Wildman–Crippen MR) is 70.7 cm³/mol. The zero-order valence-corrected chi connectivity index (χ0v) is 11.2. The van der Waals surface area contributed by atoms with E-state index in [1.807, 2.05) is 31.5 Å². The summed E-state index contributed by atoms with van der Waals surface area (Å²) in [6.45, 7) is 7.85. The molecule has 0 aliphatic carbocycles. The largest absolute Gasteiger partial charge is 0.333 e. The van der Waals surface area contributed by atoms with Gasteiger partial charge >= 0.3 is 6.03 Å². The van der Waals surface area contributed by atoms with Crippen molar-refractivity contribution < 1.29 is 4.79 Å². The standard InChI is InChI=1S/C12H21N5O/c1-4-12(2,3)16-11(18)15-10-5-6-14-17(10)9-7-13-8-9/h5-6,9,13H,4,7-8H2,1-3H3,(H2,15,16,18). The third-order valence-corrected chi connectivity index (χ3v) is 3.35. The molecule has 1 fully saturated rings. The van der Waals surface area contributed by atoms with Crippen LogP contribution in [0.5, 0.6) is 0 Å². The maximum Gasteiger partial charge on any atom is 0.320 e. The Kier molecular flexibility index (Phi) is 3.56. The fraction of sp³-hybridized carbons (Fsp3) is 0.667. The molecule has 1 aliphatic rings. The quantitative estimate of drug-likeness (QED) is 0.756. The van der Waals surface area contributed by atoms with Crippen LogP contribution >= 0.6 is 0 Å². The minimum absolute atomic E-state index is 0.184. The highest BCUT2D eigenvalue weighted by molar-refractivity contribution is 5.88. The van der Waals surface area contributed by atoms with Crippen LogP contribution in [0, 0.1) is 0 Å². The number of nitrogens with one attached hydrogen (secondary N) is 3. The summed E-state index contributed by atoms with van der Waals surface area (Å²) in [7, 11) is 0. The summed E-state index contributed by atoms with van der Waals surface area (Å²) >= 11 is 0. The van der Waals surface area contributed by atoms with E-state index in [0.717, 1.165) is 25.3 Å². The number of anilines is 1. The van der Waals surface area contributed by atoms with E-state index in [1.165, 1.54) is 0 Å². The second-order valence-electron chi connectivity index (χ2n) is 5.29. The summed E-state index contributed by atoms with van der Waals surface area (Å²) in [6.07, 6.45) is 2.59. The minimum Gasteiger partial charge on any atom is -0.333 e. The molecule has 18 heavy (non-hydrogen) atoms. The highest BCUT2D eigenvalue weighted by atomic mass is 16.2. The van der Waals surface area contributed by atoms with Crippen LogP contribution in [0.2, 0.25) is 0 Å². The molecular weight excluding hydrogens is 230 g/mol. The van der Waals surface area contributed by atoms with Crippen molar-refractivity contribution in [2.24, 2.45) is 0 Å². The molecule has 0 spiro atoms. The first-order valence-electron chi connectivity index (χ1n) is 6.35. The molecule has 6 nitrogen and oxygen atoms in total. The fourth-order valence-electron chi connectivity index (χ4n) is 1.69. The first kappa shape index (κ1) is 12.9. The normalized spacial score (nSPS) is 16.2. The van der Waals surface area contributed by atoms with E-state index < -0.39 is 0 Å². The van der Waals surface area contributed by atoms with Gasteiger partial charge in [-0.2, -0.15) is 5.10 Å². The van der Waals surface area contributed by atoms with Gasteiger partial charge in [-0.1, -0.05) is 6.92 Å². The summed E-state index contributed by atoms with van der Waals surface area (Å²) < 4.78 is 1.86. The Balaban J connectivity index is 1.97. The van der Waals surface area contributed by atoms with Crippen LogP contribution in [0.25, 0.3) is 0 Å². The van der Waals surface area contributed by atoms with Crippen molar-refractivity contribution in [3.05, 3.63) is 12.3 Å². The predicted octanol–water partition coefficient (Wildman–Crippen LogP) is 1.34. The molecule has 1 aliphatic heterocycles. The van der Waals surface area contributed by atoms with E-state index in [0.29, 0.717) is 6.04 Å². The first-order valence-corrected chi connectivity index (χ1v) is 6.35. The molecular formula is C12H21N5O. The molecule has 0 atom stereocenters. The van der Waals surface area contributed by atoms with Crippen LogP contribution in [-0.2, 0) is 0 Å². The highest BCUT2D eigenvalue weighted by Crippen LogP contribution is 2.17. The van der Waals surface area contributed by atoms with Crippen molar-refractivity contribution in [1.29, 1.82) is 0 Å². The Morgan fingerprint density at radius 1 is 1.61 bits per heavy atom. The van der Waals surface area contributed by atoms with Gasteiger partial charge < -0.3 is 10.6 Å². The van der Waals surface area contributed by atoms with E-state index in [1.54, 1.807) is 6.20 Å². The minimum atomic E-state index is -0.201. The van der Waals surface area contributed by atoms with Crippen LogP contribution in [0.3, 0.4) is 0 Å². The number of nitrogens with zero attached hydrogens (tertiary/aromatic N) is 2. The fourth-order valence-corrected chi connectivity index (χ4v) is 1.69. The van der Waals surface area contributed by atoms with Crippen molar-refractivity contribution >= 4 is 11.8 Å². The molecule has 0 unspecified atom stereocenters. The van der Waals surface area contributed by atoms with Crippen LogP contribution in [0.15, 0.2) is 12.3 Å². The molecule has 0 radical (unpaired) electrons. The Morgan fingerprint density at radius 2 is 2.33 bits per heavy atom. The van der Waals surface area contributed by atoms with E-state index in [9.17, 15) is 4.79 Å². The van der Waals surface area contributed by atoms with Gasteiger partial charge in [-0.05, 0) is 20.3 Å². The molecule has 6 heteroatoms. The average Bonchev–Trinajstić information content (AvgIpc) is 2.63. The molecule has 2 amide bonds. The van der Waals surface area contributed by atoms with Gasteiger partial charge in [0, 0.05) is 24.7 Å². The van der Waals surface area contributed by atoms with Crippen molar-refractivity contribution in [2.45, 2.75) is 38.8 Å². The van der Waals surface area contributed by atoms with Crippen LogP contribution in [0.1, 0.15) is 33.2 Å². The molecule has 3 N–H and O–H groups in total. The zero-order valence-electron chi connectivity index (χ0n) is 11.2. The number of carbonyl (C=O) groups is 1. The third kappa shape index (κ3) is 2.81. The monoisotopic (exact) mass is 251 g/mol. The van der Waals surface area contributed by atoms with Crippen molar-refractivity contribution in [1.82, 2.24) is 20.4 Å². The summed E-state index contributed by atoms with van der Waals surface area (Å²) in [4.78, 5) is 11.9. The molecule has 0 bridgehead atoms. The number of rotatable bonds is 4. The van der Waals surface area contributed by atoms with E-state index in [-0.39, 0.29) is 11.6 Å². The summed E-state index contributed by atoms with van der Waals surface area (Å²) in [5, 5.41) is 13.2. The second kappa shape index (κ2) is 4.97. The van der Waals surface area contributed by atoms with E-state index in [2.05, 4.69) is 21.0 Å². The maximum absolute atomic E-state index is 11.9. The summed E-state index contributed by atoms with van der Waals surface area (Å²) in [5.41, 5.74) is -0.201. The van der Waals surface area contributed by atoms with Gasteiger partial charge in [0.1, 0.15) is 5.82 Å². The SMILES string of the molecule is CCC(C)(C)NC(=O)Nc1ccnn1C1CNC1. The van der Waals surface area contributed by atoms with Gasteiger partial charge in [0.05, 0.1) is 12.2 Å². The van der Waals surface area contributed by atoms with Gasteiger partial charge in [-0.3, -0.25) is 5.32 Å². The molecule has 0 aromatic carbocycles. The van der Waals surface area contributed by atoms with E-state index in [4.69, 9.17) is 0 Å². The smallest absolute Gasteiger partial charge is 0.320 e. The summed E-state index contributed by atoms with van der Waals surface area (Å²) in [6, 6.07) is 1.97. The summed E-state index contributed by atoms with van der Waals surface area (Å²) in [5.74, 6) is 0.742. The van der Waals surface area contributed by atoms with Gasteiger partial charge in [0.25, 0.3) is 0 Å². The molecule has 2 rings (SSSR count). The number of hydrogen-bond donors (Lipinski definition) is 3. The lowest BCUT2D eigenvalue weighted by atomic mass is 10.0. The Morgan fingerprint density at radius 3 is 2.89 bits per heavy atom. The average molecular weight is 251 g/mol. The Labute approximate surface area is 107 Å². The Hall–Kier alpha value is -1.56.